The first-order valence-corrected chi connectivity index (χ1v) is 7.00. The molecule has 0 saturated carbocycles. The highest BCUT2D eigenvalue weighted by Gasteiger charge is 2.05. The van der Waals surface area contributed by atoms with Crippen molar-refractivity contribution in [1.29, 1.82) is 0 Å². The van der Waals surface area contributed by atoms with E-state index in [1.54, 1.807) is 11.3 Å². The van der Waals surface area contributed by atoms with E-state index >= 15 is 0 Å². The number of thiophene rings is 1. The Kier molecular flexibility index (Phi) is 4.46. The van der Waals surface area contributed by atoms with Gasteiger partial charge in [-0.15, -0.1) is 11.3 Å². The first-order valence-electron chi connectivity index (χ1n) is 5.37. The molecular formula is C13H13Cl2NS. The maximum Gasteiger partial charge on any atom is 0.0516 e. The lowest BCUT2D eigenvalue weighted by Gasteiger charge is -2.13. The number of benzene rings is 1. The van der Waals surface area contributed by atoms with Crippen molar-refractivity contribution in [3.8, 4) is 0 Å². The van der Waals surface area contributed by atoms with E-state index < -0.39 is 0 Å². The number of hydrogen-bond donors (Lipinski definition) is 1. The fraction of sp³-hybridized carbons (Fsp3) is 0.231. The average molecular weight is 286 g/mol. The molecule has 0 amide bonds. The molecule has 1 aromatic carbocycles. The van der Waals surface area contributed by atoms with Crippen molar-refractivity contribution in [1.82, 2.24) is 5.32 Å². The molecule has 0 radical (unpaired) electrons. The second-order valence-corrected chi connectivity index (χ2v) is 5.75. The summed E-state index contributed by atoms with van der Waals surface area (Å²) in [5.41, 5.74) is 1.23. The normalized spacial score (nSPS) is 12.6. The van der Waals surface area contributed by atoms with Crippen LogP contribution in [0.4, 0.5) is 0 Å². The lowest BCUT2D eigenvalue weighted by molar-refractivity contribution is 0.579. The maximum absolute atomic E-state index is 5.88. The minimum absolute atomic E-state index is 0.299. The third kappa shape index (κ3) is 3.71. The fourth-order valence-electron chi connectivity index (χ4n) is 1.57. The predicted octanol–water partition coefficient (Wildman–Crippen LogP) is 4.91. The molecule has 0 aliphatic carbocycles. The van der Waals surface area contributed by atoms with Crippen molar-refractivity contribution in [2.45, 2.75) is 19.5 Å². The molecule has 0 spiro atoms. The van der Waals surface area contributed by atoms with Gasteiger partial charge in [0.05, 0.1) is 5.02 Å². The first-order chi connectivity index (χ1) is 8.15. The van der Waals surface area contributed by atoms with Gasteiger partial charge in [0.1, 0.15) is 0 Å². The van der Waals surface area contributed by atoms with Crippen LogP contribution in [0, 0.1) is 0 Å². The van der Waals surface area contributed by atoms with Crippen LogP contribution in [0.3, 0.4) is 0 Å². The van der Waals surface area contributed by atoms with E-state index in [0.717, 1.165) is 16.6 Å². The summed E-state index contributed by atoms with van der Waals surface area (Å²) in [4.78, 5) is 1.25. The molecule has 4 heteroatoms. The van der Waals surface area contributed by atoms with Crippen molar-refractivity contribution in [3.63, 3.8) is 0 Å². The van der Waals surface area contributed by atoms with Gasteiger partial charge >= 0.3 is 0 Å². The fourth-order valence-corrected chi connectivity index (χ4v) is 2.72. The van der Waals surface area contributed by atoms with E-state index in [9.17, 15) is 0 Å². The summed E-state index contributed by atoms with van der Waals surface area (Å²) in [6, 6.07) is 10.2. The van der Waals surface area contributed by atoms with Gasteiger partial charge < -0.3 is 5.32 Å². The van der Waals surface area contributed by atoms with Crippen LogP contribution in [-0.4, -0.2) is 0 Å². The lowest BCUT2D eigenvalue weighted by atomic mass is 10.1. The monoisotopic (exact) mass is 285 g/mol. The van der Waals surface area contributed by atoms with Crippen molar-refractivity contribution < 1.29 is 0 Å². The van der Waals surface area contributed by atoms with Crippen LogP contribution >= 0.6 is 34.5 Å². The van der Waals surface area contributed by atoms with E-state index in [2.05, 4.69) is 12.2 Å². The van der Waals surface area contributed by atoms with E-state index in [1.165, 1.54) is 10.4 Å². The summed E-state index contributed by atoms with van der Waals surface area (Å²) in [5, 5.41) is 6.99. The van der Waals surface area contributed by atoms with Crippen molar-refractivity contribution in [3.05, 3.63) is 56.2 Å². The summed E-state index contributed by atoms with van der Waals surface area (Å²) in [7, 11) is 0. The van der Waals surface area contributed by atoms with E-state index in [-0.39, 0.29) is 0 Å². The highest BCUT2D eigenvalue weighted by atomic mass is 35.5. The highest BCUT2D eigenvalue weighted by molar-refractivity contribution is 7.10. The van der Waals surface area contributed by atoms with Crippen molar-refractivity contribution in [2.24, 2.45) is 0 Å². The molecule has 0 aliphatic rings. The Morgan fingerprint density at radius 2 is 1.88 bits per heavy atom. The molecule has 17 heavy (non-hydrogen) atoms. The second kappa shape index (κ2) is 5.87. The number of rotatable bonds is 4. The largest absolute Gasteiger partial charge is 0.305 e. The standard InChI is InChI=1S/C13H13Cl2NS/c1-9(10-2-4-11(14)5-3-10)16-7-13-6-12(15)8-17-13/h2-6,8-9,16H,7H2,1H3/t9-/m1/s1. The van der Waals surface area contributed by atoms with Gasteiger partial charge in [0, 0.05) is 27.9 Å². The summed E-state index contributed by atoms with van der Waals surface area (Å²) in [6.07, 6.45) is 0. The van der Waals surface area contributed by atoms with Gasteiger partial charge in [0.2, 0.25) is 0 Å². The molecule has 1 aromatic heterocycles. The van der Waals surface area contributed by atoms with Crippen LogP contribution in [0.15, 0.2) is 35.7 Å². The smallest absolute Gasteiger partial charge is 0.0516 e. The number of nitrogens with one attached hydrogen (secondary N) is 1. The van der Waals surface area contributed by atoms with Crippen LogP contribution in [0.2, 0.25) is 10.0 Å². The van der Waals surface area contributed by atoms with Gasteiger partial charge in [-0.25, -0.2) is 0 Å². The molecule has 2 aromatic rings. The van der Waals surface area contributed by atoms with Gasteiger partial charge in [-0.05, 0) is 30.7 Å². The van der Waals surface area contributed by atoms with Crippen LogP contribution in [0.1, 0.15) is 23.4 Å². The zero-order valence-electron chi connectivity index (χ0n) is 9.41. The third-order valence-corrected chi connectivity index (χ3v) is 4.11. The summed E-state index contributed by atoms with van der Waals surface area (Å²) in [5.74, 6) is 0. The van der Waals surface area contributed by atoms with Gasteiger partial charge in [-0.3, -0.25) is 0 Å². The number of hydrogen-bond acceptors (Lipinski definition) is 2. The Bertz CT molecular complexity index is 478. The van der Waals surface area contributed by atoms with Crippen molar-refractivity contribution in [2.75, 3.05) is 0 Å². The molecule has 1 atom stereocenters. The molecular weight excluding hydrogens is 273 g/mol. The minimum Gasteiger partial charge on any atom is -0.305 e. The molecule has 1 heterocycles. The number of halogens is 2. The van der Waals surface area contributed by atoms with Crippen LogP contribution in [-0.2, 0) is 6.54 Å². The molecule has 1 N–H and O–H groups in total. The predicted molar refractivity (Wildman–Crippen MR) is 76.0 cm³/mol. The van der Waals surface area contributed by atoms with Gasteiger partial charge in [0.25, 0.3) is 0 Å². The van der Waals surface area contributed by atoms with E-state index in [4.69, 9.17) is 23.2 Å². The molecule has 0 unspecified atom stereocenters. The zero-order valence-corrected chi connectivity index (χ0v) is 11.7. The molecule has 0 fully saturated rings. The molecule has 0 saturated heterocycles. The van der Waals surface area contributed by atoms with Gasteiger partial charge in [-0.1, -0.05) is 35.3 Å². The third-order valence-electron chi connectivity index (χ3n) is 2.57. The molecule has 90 valence electrons. The first kappa shape index (κ1) is 12.9. The second-order valence-electron chi connectivity index (χ2n) is 3.89. The summed E-state index contributed by atoms with van der Waals surface area (Å²) >= 11 is 13.4. The van der Waals surface area contributed by atoms with Crippen molar-refractivity contribution >= 4 is 34.5 Å². The van der Waals surface area contributed by atoms with Gasteiger partial charge in [0.15, 0.2) is 0 Å². The lowest BCUT2D eigenvalue weighted by Crippen LogP contribution is -2.17. The summed E-state index contributed by atoms with van der Waals surface area (Å²) in [6.45, 7) is 2.97. The topological polar surface area (TPSA) is 12.0 Å². The minimum atomic E-state index is 0.299. The molecule has 1 nitrogen and oxygen atoms in total. The quantitative estimate of drug-likeness (QED) is 0.842. The Labute approximate surface area is 115 Å². The van der Waals surface area contributed by atoms with E-state index in [0.29, 0.717) is 6.04 Å². The Morgan fingerprint density at radius 1 is 1.18 bits per heavy atom. The highest BCUT2D eigenvalue weighted by Crippen LogP contribution is 2.21. The molecule has 0 bridgehead atoms. The molecule has 2 rings (SSSR count). The Morgan fingerprint density at radius 3 is 2.47 bits per heavy atom. The molecule has 0 aliphatic heterocycles. The Hall–Kier alpha value is -0.540. The van der Waals surface area contributed by atoms with Crippen LogP contribution in [0.25, 0.3) is 0 Å². The SMILES string of the molecule is C[C@@H](NCc1cc(Cl)cs1)c1ccc(Cl)cc1. The van der Waals surface area contributed by atoms with Crippen LogP contribution < -0.4 is 5.32 Å². The zero-order chi connectivity index (χ0) is 12.3. The van der Waals surface area contributed by atoms with Crippen LogP contribution in [0.5, 0.6) is 0 Å². The summed E-state index contributed by atoms with van der Waals surface area (Å²) < 4.78 is 0. The Balaban J connectivity index is 1.93. The average Bonchev–Trinajstić information content (AvgIpc) is 2.73. The van der Waals surface area contributed by atoms with E-state index in [1.807, 2.05) is 35.7 Å². The van der Waals surface area contributed by atoms with Gasteiger partial charge in [-0.2, -0.15) is 0 Å². The maximum atomic E-state index is 5.88.